The topological polar surface area (TPSA) is 18.5 Å². The van der Waals surface area contributed by atoms with Gasteiger partial charge in [0, 0.05) is 36.3 Å². The van der Waals surface area contributed by atoms with E-state index in [0.717, 1.165) is 30.7 Å². The minimum atomic E-state index is 0.926. The van der Waals surface area contributed by atoms with E-state index in [9.17, 15) is 0 Å². The molecule has 1 aromatic rings. The maximum absolute atomic E-state index is 3.59. The van der Waals surface area contributed by atoms with Crippen LogP contribution in [0.25, 0.3) is 0 Å². The van der Waals surface area contributed by atoms with Gasteiger partial charge >= 0.3 is 0 Å². The molecule has 0 spiro atoms. The molecule has 0 unspecified atom stereocenters. The average molecular weight is 312 g/mol. The molecule has 1 fully saturated rings. The van der Waals surface area contributed by atoms with E-state index < -0.39 is 0 Å². The lowest BCUT2D eigenvalue weighted by atomic mass is 10.1. The molecule has 100 valence electrons. The molecular formula is C14H22BrN3. The number of hydrogen-bond donors (Lipinski definition) is 1. The molecule has 0 amide bonds. The third-order valence-corrected chi connectivity index (χ3v) is 3.97. The van der Waals surface area contributed by atoms with Crippen molar-refractivity contribution < 1.29 is 0 Å². The quantitative estimate of drug-likeness (QED) is 0.924. The Kier molecular flexibility index (Phi) is 5.03. The van der Waals surface area contributed by atoms with Crippen molar-refractivity contribution in [2.75, 3.05) is 45.2 Å². The first-order chi connectivity index (χ1) is 8.70. The minimum Gasteiger partial charge on any atom is -0.370 e. The van der Waals surface area contributed by atoms with E-state index in [1.165, 1.54) is 24.2 Å². The SMILES string of the molecule is CNCc1ccc(Br)cc1N1CCCN(C)CC1. The predicted molar refractivity (Wildman–Crippen MR) is 81.2 cm³/mol. The number of hydrogen-bond acceptors (Lipinski definition) is 3. The van der Waals surface area contributed by atoms with Gasteiger partial charge in [0.2, 0.25) is 0 Å². The zero-order valence-corrected chi connectivity index (χ0v) is 12.8. The fourth-order valence-electron chi connectivity index (χ4n) is 2.46. The number of anilines is 1. The minimum absolute atomic E-state index is 0.926. The Morgan fingerprint density at radius 3 is 2.83 bits per heavy atom. The maximum atomic E-state index is 3.59. The lowest BCUT2D eigenvalue weighted by Gasteiger charge is -2.26. The molecule has 0 radical (unpaired) electrons. The van der Waals surface area contributed by atoms with Gasteiger partial charge in [-0.1, -0.05) is 22.0 Å². The molecule has 1 saturated heterocycles. The normalized spacial score (nSPS) is 17.8. The zero-order chi connectivity index (χ0) is 13.0. The van der Waals surface area contributed by atoms with Gasteiger partial charge in [-0.25, -0.2) is 0 Å². The van der Waals surface area contributed by atoms with Gasteiger partial charge < -0.3 is 15.1 Å². The molecule has 0 aliphatic carbocycles. The second kappa shape index (κ2) is 6.55. The summed E-state index contributed by atoms with van der Waals surface area (Å²) in [5, 5.41) is 3.25. The highest BCUT2D eigenvalue weighted by Gasteiger charge is 2.15. The molecule has 2 rings (SSSR count). The summed E-state index contributed by atoms with van der Waals surface area (Å²) >= 11 is 3.59. The Bertz CT molecular complexity index is 395. The first-order valence-corrected chi connectivity index (χ1v) is 7.36. The van der Waals surface area contributed by atoms with Crippen LogP contribution in [0.2, 0.25) is 0 Å². The van der Waals surface area contributed by atoms with Gasteiger partial charge in [0.05, 0.1) is 0 Å². The second-order valence-electron chi connectivity index (χ2n) is 4.95. The third kappa shape index (κ3) is 3.46. The number of benzene rings is 1. The molecule has 1 aliphatic heterocycles. The zero-order valence-electron chi connectivity index (χ0n) is 11.2. The van der Waals surface area contributed by atoms with Crippen molar-refractivity contribution in [2.45, 2.75) is 13.0 Å². The van der Waals surface area contributed by atoms with Crippen LogP contribution < -0.4 is 10.2 Å². The van der Waals surface area contributed by atoms with Crippen molar-refractivity contribution in [3.63, 3.8) is 0 Å². The van der Waals surface area contributed by atoms with Crippen molar-refractivity contribution >= 4 is 21.6 Å². The summed E-state index contributed by atoms with van der Waals surface area (Å²) in [6.45, 7) is 5.54. The molecule has 4 heteroatoms. The van der Waals surface area contributed by atoms with Crippen LogP contribution in [-0.4, -0.2) is 45.2 Å². The Morgan fingerprint density at radius 1 is 1.22 bits per heavy atom. The van der Waals surface area contributed by atoms with Crippen LogP contribution in [0.3, 0.4) is 0 Å². The summed E-state index contributed by atoms with van der Waals surface area (Å²) in [6, 6.07) is 6.59. The summed E-state index contributed by atoms with van der Waals surface area (Å²) < 4.78 is 1.16. The van der Waals surface area contributed by atoms with Gasteiger partial charge in [0.1, 0.15) is 0 Å². The maximum Gasteiger partial charge on any atom is 0.0423 e. The van der Waals surface area contributed by atoms with E-state index >= 15 is 0 Å². The van der Waals surface area contributed by atoms with Gasteiger partial charge in [0.15, 0.2) is 0 Å². The molecule has 0 aromatic heterocycles. The predicted octanol–water partition coefficient (Wildman–Crippen LogP) is 2.31. The van der Waals surface area contributed by atoms with E-state index in [2.05, 4.69) is 56.3 Å². The lowest BCUT2D eigenvalue weighted by molar-refractivity contribution is 0.360. The average Bonchev–Trinajstić information content (AvgIpc) is 2.57. The summed E-state index contributed by atoms with van der Waals surface area (Å²) in [7, 11) is 4.21. The van der Waals surface area contributed by atoms with Gasteiger partial charge in [0.25, 0.3) is 0 Å². The number of nitrogens with one attached hydrogen (secondary N) is 1. The molecule has 0 bridgehead atoms. The monoisotopic (exact) mass is 311 g/mol. The Balaban J connectivity index is 2.21. The van der Waals surface area contributed by atoms with E-state index in [4.69, 9.17) is 0 Å². The Hall–Kier alpha value is -0.580. The van der Waals surface area contributed by atoms with Crippen LogP contribution in [0, 0.1) is 0 Å². The van der Waals surface area contributed by atoms with E-state index in [0.29, 0.717) is 0 Å². The molecule has 1 aromatic carbocycles. The molecule has 3 nitrogen and oxygen atoms in total. The van der Waals surface area contributed by atoms with Crippen molar-refractivity contribution in [1.82, 2.24) is 10.2 Å². The van der Waals surface area contributed by atoms with Crippen LogP contribution in [0.1, 0.15) is 12.0 Å². The summed E-state index contributed by atoms with van der Waals surface area (Å²) in [6.07, 6.45) is 1.24. The third-order valence-electron chi connectivity index (χ3n) is 3.47. The standard InChI is InChI=1S/C14H22BrN3/c1-16-11-12-4-5-13(15)10-14(12)18-7-3-6-17(2)8-9-18/h4-5,10,16H,3,6-9,11H2,1-2H3. The second-order valence-corrected chi connectivity index (χ2v) is 5.86. The van der Waals surface area contributed by atoms with Crippen LogP contribution in [0.4, 0.5) is 5.69 Å². The van der Waals surface area contributed by atoms with Crippen LogP contribution in [0.5, 0.6) is 0 Å². The van der Waals surface area contributed by atoms with Gasteiger partial charge in [-0.2, -0.15) is 0 Å². The Morgan fingerprint density at radius 2 is 2.06 bits per heavy atom. The van der Waals surface area contributed by atoms with Crippen LogP contribution in [-0.2, 0) is 6.54 Å². The number of likely N-dealkylation sites (N-methyl/N-ethyl adjacent to an activating group) is 1. The summed E-state index contributed by atoms with van der Waals surface area (Å²) in [5.74, 6) is 0. The fourth-order valence-corrected chi connectivity index (χ4v) is 2.81. The van der Waals surface area contributed by atoms with Crippen molar-refractivity contribution in [1.29, 1.82) is 0 Å². The molecule has 18 heavy (non-hydrogen) atoms. The first kappa shape index (κ1) is 13.8. The van der Waals surface area contributed by atoms with Crippen molar-refractivity contribution in [2.24, 2.45) is 0 Å². The largest absolute Gasteiger partial charge is 0.370 e. The fraction of sp³-hybridized carbons (Fsp3) is 0.571. The molecule has 1 aliphatic rings. The first-order valence-electron chi connectivity index (χ1n) is 6.57. The smallest absolute Gasteiger partial charge is 0.0423 e. The van der Waals surface area contributed by atoms with E-state index in [1.54, 1.807) is 0 Å². The van der Waals surface area contributed by atoms with Crippen molar-refractivity contribution in [3.05, 3.63) is 28.2 Å². The van der Waals surface area contributed by atoms with E-state index in [-0.39, 0.29) is 0 Å². The molecular weight excluding hydrogens is 290 g/mol. The van der Waals surface area contributed by atoms with Gasteiger partial charge in [-0.05, 0) is 44.8 Å². The molecule has 1 N–H and O–H groups in total. The van der Waals surface area contributed by atoms with Crippen LogP contribution in [0.15, 0.2) is 22.7 Å². The summed E-state index contributed by atoms with van der Waals surface area (Å²) in [4.78, 5) is 4.93. The number of nitrogens with zero attached hydrogens (tertiary/aromatic N) is 2. The van der Waals surface area contributed by atoms with Gasteiger partial charge in [-0.15, -0.1) is 0 Å². The molecule has 0 saturated carbocycles. The number of halogens is 1. The Labute approximate surface area is 118 Å². The van der Waals surface area contributed by atoms with Crippen molar-refractivity contribution in [3.8, 4) is 0 Å². The highest BCUT2D eigenvalue weighted by Crippen LogP contribution is 2.26. The summed E-state index contributed by atoms with van der Waals surface area (Å²) in [5.41, 5.74) is 2.75. The number of rotatable bonds is 3. The molecule has 0 atom stereocenters. The highest BCUT2D eigenvalue weighted by atomic mass is 79.9. The van der Waals surface area contributed by atoms with Gasteiger partial charge in [-0.3, -0.25) is 0 Å². The molecule has 1 heterocycles. The lowest BCUT2D eigenvalue weighted by Crippen LogP contribution is -2.29. The van der Waals surface area contributed by atoms with E-state index in [1.807, 2.05) is 7.05 Å². The highest BCUT2D eigenvalue weighted by molar-refractivity contribution is 9.10. The van der Waals surface area contributed by atoms with Crippen LogP contribution >= 0.6 is 15.9 Å².